The molecule has 1 fully saturated rings. The van der Waals surface area contributed by atoms with E-state index in [1.54, 1.807) is 0 Å². The highest BCUT2D eigenvalue weighted by Gasteiger charge is 2.51. The van der Waals surface area contributed by atoms with Gasteiger partial charge in [0, 0.05) is 53.9 Å². The van der Waals surface area contributed by atoms with Crippen LogP contribution in [0.4, 0.5) is 8.78 Å². The Morgan fingerprint density at radius 3 is 2.58 bits per heavy atom. The Hall–Kier alpha value is -2.82. The van der Waals surface area contributed by atoms with Gasteiger partial charge in [-0.15, -0.1) is 0 Å². The predicted octanol–water partition coefficient (Wildman–Crippen LogP) is 4.94. The molecule has 1 heterocycles. The third kappa shape index (κ3) is 5.98. The summed E-state index contributed by atoms with van der Waals surface area (Å²) in [6.07, 6.45) is 2.80. The Balaban J connectivity index is 1.62. The van der Waals surface area contributed by atoms with Crippen molar-refractivity contribution in [3.63, 3.8) is 0 Å². The van der Waals surface area contributed by atoms with E-state index in [4.69, 9.17) is 21.1 Å². The predicted molar refractivity (Wildman–Crippen MR) is 161 cm³/mol. The smallest absolute Gasteiger partial charge is 0.251 e. The van der Waals surface area contributed by atoms with Gasteiger partial charge in [-0.3, -0.25) is 4.79 Å². The van der Waals surface area contributed by atoms with Gasteiger partial charge >= 0.3 is 0 Å². The highest BCUT2D eigenvalue weighted by Crippen LogP contribution is 2.55. The zero-order valence-electron chi connectivity index (χ0n) is 24.6. The molecule has 0 spiro atoms. The van der Waals surface area contributed by atoms with Gasteiger partial charge < -0.3 is 30.3 Å². The van der Waals surface area contributed by atoms with E-state index in [1.165, 1.54) is 25.3 Å². The van der Waals surface area contributed by atoms with Gasteiger partial charge in [-0.2, -0.15) is 0 Å². The number of halogens is 3. The first-order chi connectivity index (χ1) is 20.5. The molecule has 2 aromatic rings. The van der Waals surface area contributed by atoms with Crippen molar-refractivity contribution in [3.8, 4) is 5.75 Å². The van der Waals surface area contributed by atoms with Crippen molar-refractivity contribution >= 4 is 23.1 Å². The van der Waals surface area contributed by atoms with Crippen molar-refractivity contribution in [1.82, 2.24) is 10.6 Å². The van der Waals surface area contributed by atoms with E-state index >= 15 is 8.78 Å². The molecular weight excluding hydrogens is 578 g/mol. The quantitative estimate of drug-likeness (QED) is 0.319. The van der Waals surface area contributed by atoms with Crippen LogP contribution in [0.15, 0.2) is 54.1 Å². The molecule has 3 aliphatic rings. The van der Waals surface area contributed by atoms with E-state index in [0.29, 0.717) is 24.9 Å². The number of amides is 1. The van der Waals surface area contributed by atoms with Crippen LogP contribution in [-0.4, -0.2) is 66.8 Å². The molecule has 232 valence electrons. The summed E-state index contributed by atoms with van der Waals surface area (Å²) >= 11 is 6.66. The Bertz CT molecular complexity index is 1410. The van der Waals surface area contributed by atoms with Gasteiger partial charge in [-0.05, 0) is 38.2 Å². The van der Waals surface area contributed by atoms with Crippen LogP contribution in [0, 0.1) is 5.82 Å². The van der Waals surface area contributed by atoms with Crippen molar-refractivity contribution in [2.24, 2.45) is 0 Å². The lowest BCUT2D eigenvalue weighted by Crippen LogP contribution is -2.49. The molecule has 0 radical (unpaired) electrons. The van der Waals surface area contributed by atoms with Crippen LogP contribution in [0.5, 0.6) is 5.75 Å². The Kier molecular flexibility index (Phi) is 9.30. The van der Waals surface area contributed by atoms with E-state index in [0.717, 1.165) is 18.4 Å². The molecule has 2 aromatic carbocycles. The van der Waals surface area contributed by atoms with Crippen LogP contribution < -0.4 is 15.4 Å². The van der Waals surface area contributed by atoms with Gasteiger partial charge in [0.2, 0.25) is 0 Å². The fraction of sp³-hybridized carbons (Fsp3) is 0.485. The van der Waals surface area contributed by atoms with E-state index in [9.17, 15) is 15.0 Å². The second-order valence-corrected chi connectivity index (χ2v) is 12.3. The average molecular weight is 617 g/mol. The number of aliphatic hydroxyl groups excluding tert-OH is 1. The van der Waals surface area contributed by atoms with Crippen molar-refractivity contribution in [3.05, 3.63) is 81.7 Å². The van der Waals surface area contributed by atoms with Gasteiger partial charge in [-0.1, -0.05) is 61.0 Å². The van der Waals surface area contributed by atoms with Crippen molar-refractivity contribution < 1.29 is 33.3 Å². The lowest BCUT2D eigenvalue weighted by molar-refractivity contribution is -0.116. The number of hydrogen-bond acceptors (Lipinski definition) is 6. The van der Waals surface area contributed by atoms with E-state index in [1.807, 2.05) is 44.2 Å². The Morgan fingerprint density at radius 1 is 1.23 bits per heavy atom. The third-order valence-corrected chi connectivity index (χ3v) is 9.44. The maximum absolute atomic E-state index is 16.4. The van der Waals surface area contributed by atoms with Crippen LogP contribution in [0.3, 0.4) is 0 Å². The van der Waals surface area contributed by atoms with Crippen LogP contribution in [-0.2, 0) is 15.1 Å². The fourth-order valence-electron chi connectivity index (χ4n) is 6.60. The third-order valence-electron chi connectivity index (χ3n) is 9.07. The number of benzene rings is 2. The molecule has 1 unspecified atom stereocenters. The van der Waals surface area contributed by atoms with E-state index < -0.39 is 41.1 Å². The Labute approximate surface area is 255 Å². The molecule has 1 saturated carbocycles. The normalized spacial score (nSPS) is 30.2. The van der Waals surface area contributed by atoms with Gasteiger partial charge in [0.25, 0.3) is 5.91 Å². The highest BCUT2D eigenvalue weighted by molar-refractivity contribution is 6.33. The van der Waals surface area contributed by atoms with Crippen molar-refractivity contribution in [2.45, 2.75) is 75.0 Å². The summed E-state index contributed by atoms with van der Waals surface area (Å²) in [4.78, 5) is 13.0. The number of likely N-dealkylation sites (N-methyl/N-ethyl adjacent to an activating group) is 1. The summed E-state index contributed by atoms with van der Waals surface area (Å²) in [6, 6.07) is 11.0. The van der Waals surface area contributed by atoms with Gasteiger partial charge in [0.15, 0.2) is 11.8 Å². The summed E-state index contributed by atoms with van der Waals surface area (Å²) in [5.41, 5.74) is -0.355. The average Bonchev–Trinajstić information content (AvgIpc) is 3.28. The Morgan fingerprint density at radius 2 is 1.93 bits per heavy atom. The van der Waals surface area contributed by atoms with Gasteiger partial charge in [-0.25, -0.2) is 8.78 Å². The number of carbonyl (C=O) groups is 1. The molecule has 1 amide bonds. The van der Waals surface area contributed by atoms with Crippen molar-refractivity contribution in [2.75, 3.05) is 26.8 Å². The lowest BCUT2D eigenvalue weighted by atomic mass is 9.75. The number of rotatable bonds is 9. The monoisotopic (exact) mass is 616 g/mol. The first-order valence-electron chi connectivity index (χ1n) is 14.8. The summed E-state index contributed by atoms with van der Waals surface area (Å²) in [5.74, 6) is -1.59. The summed E-state index contributed by atoms with van der Waals surface area (Å²) < 4.78 is 44.2. The molecule has 4 atom stereocenters. The SMILES string of the molecule is CNC(=O)C1=C(c2c(Cl)c(F)cc3c2[C@H](C)[C@@](CN[C@H]2CC[C@](C)(O)CC2)(c2ccccc2)O3)C(F)[C@@H](OCCO)C=C1. The molecule has 2 aliphatic carbocycles. The largest absolute Gasteiger partial charge is 0.480 e. The lowest BCUT2D eigenvalue weighted by Gasteiger charge is -2.38. The zero-order chi connectivity index (χ0) is 30.9. The number of nitrogens with one attached hydrogen (secondary N) is 2. The minimum Gasteiger partial charge on any atom is -0.480 e. The molecule has 4 N–H and O–H groups in total. The topological polar surface area (TPSA) is 100 Å². The highest BCUT2D eigenvalue weighted by atomic mass is 35.5. The number of ether oxygens (including phenoxy) is 2. The van der Waals surface area contributed by atoms with Crippen LogP contribution in [0.1, 0.15) is 62.1 Å². The molecular formula is C33H39ClF2N2O5. The second-order valence-electron chi connectivity index (χ2n) is 11.9. The standard InChI is InChI=1S/C33H39ClF2N2O5/c1-19-26-25(43-33(19,20-7-5-4-6-8-20)18-38-21-11-13-32(2,41)14-12-21)17-23(35)29(34)28(26)27-22(31(40)37-3)9-10-24(30(27)36)42-16-15-39/h4-10,17,19,21,24,30,38-39,41H,11-16,18H2,1-3H3,(H,37,40)/t19-,21-,24-,30?,32-,33-/m0/s1. The summed E-state index contributed by atoms with van der Waals surface area (Å²) in [7, 11) is 1.43. The minimum atomic E-state index is -1.88. The first-order valence-corrected chi connectivity index (χ1v) is 15.1. The number of fused-ring (bicyclic) bond motifs is 1. The van der Waals surface area contributed by atoms with Crippen molar-refractivity contribution in [1.29, 1.82) is 0 Å². The number of alkyl halides is 1. The zero-order valence-corrected chi connectivity index (χ0v) is 25.4. The first kappa shape index (κ1) is 31.6. The van der Waals surface area contributed by atoms with Crippen LogP contribution in [0.2, 0.25) is 5.02 Å². The van der Waals surface area contributed by atoms with E-state index in [-0.39, 0.29) is 46.7 Å². The van der Waals surface area contributed by atoms with Crippen LogP contribution >= 0.6 is 11.6 Å². The van der Waals surface area contributed by atoms with Crippen LogP contribution in [0.25, 0.3) is 5.57 Å². The second kappa shape index (κ2) is 12.7. The fourth-order valence-corrected chi connectivity index (χ4v) is 6.86. The van der Waals surface area contributed by atoms with Gasteiger partial charge in [0.1, 0.15) is 17.7 Å². The molecule has 7 nitrogen and oxygen atoms in total. The minimum absolute atomic E-state index is 0.00495. The number of aliphatic hydroxyl groups is 2. The maximum Gasteiger partial charge on any atom is 0.251 e. The molecule has 43 heavy (non-hydrogen) atoms. The van der Waals surface area contributed by atoms with E-state index in [2.05, 4.69) is 10.6 Å². The molecule has 0 saturated heterocycles. The molecule has 10 heteroatoms. The molecule has 1 aliphatic heterocycles. The number of hydrogen-bond donors (Lipinski definition) is 4. The molecule has 5 rings (SSSR count). The number of carbonyl (C=O) groups excluding carboxylic acids is 1. The van der Waals surface area contributed by atoms with Gasteiger partial charge in [0.05, 0.1) is 23.8 Å². The molecule has 0 aromatic heterocycles. The maximum atomic E-state index is 16.4. The summed E-state index contributed by atoms with van der Waals surface area (Å²) in [5, 5.41) is 25.6. The summed E-state index contributed by atoms with van der Waals surface area (Å²) in [6.45, 7) is 3.72. The molecule has 0 bridgehead atoms.